The van der Waals surface area contributed by atoms with Crippen LogP contribution in [0.4, 0.5) is 4.79 Å². The molecule has 0 aliphatic rings. The highest BCUT2D eigenvalue weighted by Gasteiger charge is 2.33. The van der Waals surface area contributed by atoms with E-state index in [0.717, 1.165) is 19.3 Å². The fourth-order valence-electron chi connectivity index (χ4n) is 3.47. The fourth-order valence-corrected chi connectivity index (χ4v) is 3.47. The second kappa shape index (κ2) is 15.3. The number of hydrogen-bond donors (Lipinski definition) is 3. The molecule has 3 atom stereocenters. The van der Waals surface area contributed by atoms with Crippen LogP contribution in [0, 0.1) is 11.8 Å². The molecule has 7 nitrogen and oxygen atoms in total. The summed E-state index contributed by atoms with van der Waals surface area (Å²) >= 11 is 0. The van der Waals surface area contributed by atoms with Crippen LogP contribution >= 0.6 is 0 Å². The number of nitrogens with one attached hydrogen (secondary N) is 2. The summed E-state index contributed by atoms with van der Waals surface area (Å²) in [7, 11) is 0. The van der Waals surface area contributed by atoms with E-state index in [4.69, 9.17) is 10.5 Å². The van der Waals surface area contributed by atoms with Crippen LogP contribution < -0.4 is 16.4 Å². The number of carbonyl (C=O) groups is 3. The molecule has 188 valence electrons. The van der Waals surface area contributed by atoms with E-state index in [2.05, 4.69) is 17.6 Å². The van der Waals surface area contributed by atoms with E-state index in [1.807, 2.05) is 27.7 Å². The largest absolute Gasteiger partial charge is 0.444 e. The highest BCUT2D eigenvalue weighted by molar-refractivity contribution is 5.94. The van der Waals surface area contributed by atoms with Gasteiger partial charge in [0.25, 0.3) is 0 Å². The Morgan fingerprint density at radius 1 is 0.812 bits per heavy atom. The van der Waals surface area contributed by atoms with Gasteiger partial charge in [-0.1, -0.05) is 79.6 Å². The average molecular weight is 456 g/mol. The lowest BCUT2D eigenvalue weighted by molar-refractivity contribution is -0.131. The maximum absolute atomic E-state index is 13.0. The zero-order valence-corrected chi connectivity index (χ0v) is 21.8. The molecule has 0 rings (SSSR count). The van der Waals surface area contributed by atoms with Gasteiger partial charge in [0.15, 0.2) is 5.78 Å². The topological polar surface area (TPSA) is 111 Å². The van der Waals surface area contributed by atoms with Crippen molar-refractivity contribution in [2.75, 3.05) is 0 Å². The number of rotatable bonds is 15. The molecule has 32 heavy (non-hydrogen) atoms. The number of Topliss-reactive ketones (excluding diaryl/α,β-unsaturated/α-hetero) is 1. The minimum atomic E-state index is -0.807. The fraction of sp³-hybridized carbons (Fsp3) is 0.880. The summed E-state index contributed by atoms with van der Waals surface area (Å²) in [5.74, 6) is -0.840. The standard InChI is InChI=1S/C25H49N3O4/c1-9-10-11-12-13-14-15-16-19(26)22(29)20(17(2)3)27-23(30)21(18(4)5)28-24(31)32-25(6,7)8/h17-21H,9-16,26H2,1-8H3,(H,27,30)(H,28,31)/t19?,20-,21-/m0/s1. The minimum Gasteiger partial charge on any atom is -0.444 e. The lowest BCUT2D eigenvalue weighted by Gasteiger charge is -2.29. The summed E-state index contributed by atoms with van der Waals surface area (Å²) in [6, 6.07) is -2.10. The molecule has 0 spiro atoms. The van der Waals surface area contributed by atoms with Gasteiger partial charge in [0.2, 0.25) is 5.91 Å². The second-order valence-electron chi connectivity index (χ2n) is 10.5. The number of amides is 2. The molecule has 0 saturated carbocycles. The summed E-state index contributed by atoms with van der Waals surface area (Å²) in [5.41, 5.74) is 5.52. The Morgan fingerprint density at radius 3 is 1.78 bits per heavy atom. The Balaban J connectivity index is 4.86. The Hall–Kier alpha value is -1.63. The van der Waals surface area contributed by atoms with Gasteiger partial charge in [-0.05, 0) is 39.0 Å². The first-order chi connectivity index (χ1) is 14.8. The van der Waals surface area contributed by atoms with E-state index >= 15 is 0 Å². The van der Waals surface area contributed by atoms with Gasteiger partial charge in [-0.15, -0.1) is 0 Å². The van der Waals surface area contributed by atoms with Gasteiger partial charge >= 0.3 is 6.09 Å². The molecule has 0 bridgehead atoms. The highest BCUT2D eigenvalue weighted by atomic mass is 16.6. The van der Waals surface area contributed by atoms with Crippen molar-refractivity contribution in [3.63, 3.8) is 0 Å². The SMILES string of the molecule is CCCCCCCCCC(N)C(=O)[C@@H](NC(=O)[C@@H](NC(=O)OC(C)(C)C)C(C)C)C(C)C. The van der Waals surface area contributed by atoms with Crippen LogP contribution in [0.25, 0.3) is 0 Å². The summed E-state index contributed by atoms with van der Waals surface area (Å²) < 4.78 is 5.28. The molecule has 0 aliphatic carbocycles. The quantitative estimate of drug-likeness (QED) is 0.310. The zero-order valence-electron chi connectivity index (χ0n) is 21.8. The lowest BCUT2D eigenvalue weighted by Crippen LogP contribution is -2.57. The Morgan fingerprint density at radius 2 is 1.31 bits per heavy atom. The maximum atomic E-state index is 13.0. The lowest BCUT2D eigenvalue weighted by atomic mass is 9.92. The van der Waals surface area contributed by atoms with Gasteiger partial charge in [-0.2, -0.15) is 0 Å². The first kappa shape index (κ1) is 30.4. The molecule has 0 aromatic rings. The molecule has 2 amide bonds. The zero-order chi connectivity index (χ0) is 24.9. The first-order valence-corrected chi connectivity index (χ1v) is 12.4. The van der Waals surface area contributed by atoms with Gasteiger partial charge in [0.1, 0.15) is 11.6 Å². The van der Waals surface area contributed by atoms with Crippen LogP contribution in [0.1, 0.15) is 107 Å². The molecule has 0 aromatic carbocycles. The number of hydrogen-bond acceptors (Lipinski definition) is 5. The number of alkyl carbamates (subject to hydrolysis) is 1. The molecule has 0 aromatic heterocycles. The van der Waals surface area contributed by atoms with Gasteiger partial charge in [0, 0.05) is 0 Å². The summed E-state index contributed by atoms with van der Waals surface area (Å²) in [6.07, 6.45) is 8.09. The van der Waals surface area contributed by atoms with Gasteiger partial charge in [-0.3, -0.25) is 9.59 Å². The van der Waals surface area contributed by atoms with Crippen molar-refractivity contribution in [1.82, 2.24) is 10.6 Å². The first-order valence-electron chi connectivity index (χ1n) is 12.4. The number of ether oxygens (including phenoxy) is 1. The van der Waals surface area contributed by atoms with Crippen LogP contribution in [0.15, 0.2) is 0 Å². The van der Waals surface area contributed by atoms with E-state index in [1.54, 1.807) is 20.8 Å². The molecular weight excluding hydrogens is 406 g/mol. The van der Waals surface area contributed by atoms with E-state index in [9.17, 15) is 14.4 Å². The minimum absolute atomic E-state index is 0.110. The second-order valence-corrected chi connectivity index (χ2v) is 10.5. The Labute approximate surface area is 196 Å². The van der Waals surface area contributed by atoms with Gasteiger partial charge in [0.05, 0.1) is 12.1 Å². The third-order valence-corrected chi connectivity index (χ3v) is 5.38. The Bertz CT molecular complexity index is 570. The third kappa shape index (κ3) is 13.0. The predicted molar refractivity (Wildman–Crippen MR) is 130 cm³/mol. The monoisotopic (exact) mass is 455 g/mol. The van der Waals surface area contributed by atoms with Crippen molar-refractivity contribution in [3.05, 3.63) is 0 Å². The van der Waals surface area contributed by atoms with Crippen molar-refractivity contribution in [2.45, 2.75) is 130 Å². The molecule has 0 radical (unpaired) electrons. The van der Waals surface area contributed by atoms with Crippen LogP contribution in [-0.4, -0.2) is 41.5 Å². The Kier molecular flexibility index (Phi) is 14.5. The van der Waals surface area contributed by atoms with Crippen molar-refractivity contribution in [1.29, 1.82) is 0 Å². The molecule has 0 heterocycles. The van der Waals surface area contributed by atoms with Crippen LogP contribution in [0.5, 0.6) is 0 Å². The normalized spacial score (nSPS) is 14.7. The van der Waals surface area contributed by atoms with Crippen LogP contribution in [-0.2, 0) is 14.3 Å². The van der Waals surface area contributed by atoms with E-state index < -0.39 is 35.7 Å². The van der Waals surface area contributed by atoms with E-state index in [-0.39, 0.29) is 17.6 Å². The summed E-state index contributed by atoms with van der Waals surface area (Å²) in [6.45, 7) is 14.9. The molecular formula is C25H49N3O4. The van der Waals surface area contributed by atoms with Crippen molar-refractivity contribution >= 4 is 17.8 Å². The van der Waals surface area contributed by atoms with E-state index in [0.29, 0.717) is 6.42 Å². The average Bonchev–Trinajstić information content (AvgIpc) is 2.66. The molecule has 7 heteroatoms. The maximum Gasteiger partial charge on any atom is 0.408 e. The van der Waals surface area contributed by atoms with Gasteiger partial charge in [-0.25, -0.2) is 4.79 Å². The number of unbranched alkanes of at least 4 members (excludes halogenated alkanes) is 6. The van der Waals surface area contributed by atoms with Crippen molar-refractivity contribution in [2.24, 2.45) is 17.6 Å². The number of carbonyl (C=O) groups excluding carboxylic acids is 3. The number of nitrogens with two attached hydrogens (primary N) is 1. The summed E-state index contributed by atoms with van der Waals surface area (Å²) in [5, 5.41) is 5.47. The van der Waals surface area contributed by atoms with Crippen LogP contribution in [0.3, 0.4) is 0 Å². The molecule has 0 aliphatic heterocycles. The van der Waals surface area contributed by atoms with E-state index in [1.165, 1.54) is 25.7 Å². The smallest absolute Gasteiger partial charge is 0.408 e. The van der Waals surface area contributed by atoms with Crippen LogP contribution in [0.2, 0.25) is 0 Å². The molecule has 1 unspecified atom stereocenters. The molecule has 0 saturated heterocycles. The highest BCUT2D eigenvalue weighted by Crippen LogP contribution is 2.14. The number of ketones is 1. The van der Waals surface area contributed by atoms with Crippen molar-refractivity contribution < 1.29 is 19.1 Å². The van der Waals surface area contributed by atoms with Gasteiger partial charge < -0.3 is 21.1 Å². The third-order valence-electron chi connectivity index (χ3n) is 5.38. The predicted octanol–water partition coefficient (Wildman–Crippen LogP) is 4.71. The summed E-state index contributed by atoms with van der Waals surface area (Å²) in [4.78, 5) is 38.1. The van der Waals surface area contributed by atoms with Crippen molar-refractivity contribution in [3.8, 4) is 0 Å². The molecule has 0 fully saturated rings. The molecule has 4 N–H and O–H groups in total.